The average Bonchev–Trinajstić information content (AvgIpc) is 3.25. The van der Waals surface area contributed by atoms with E-state index in [1.807, 2.05) is 18.2 Å². The van der Waals surface area contributed by atoms with Gasteiger partial charge >= 0.3 is 0 Å². The fourth-order valence-electron chi connectivity index (χ4n) is 3.94. The van der Waals surface area contributed by atoms with Crippen LogP contribution < -0.4 is 15.1 Å². The van der Waals surface area contributed by atoms with Crippen LogP contribution in [-0.4, -0.2) is 48.2 Å². The third-order valence-electron chi connectivity index (χ3n) is 5.58. The Labute approximate surface area is 175 Å². The summed E-state index contributed by atoms with van der Waals surface area (Å²) in [6, 6.07) is 10.2. The number of aromatic nitrogens is 2. The zero-order valence-electron chi connectivity index (χ0n) is 16.5. The Kier molecular flexibility index (Phi) is 6.39. The summed E-state index contributed by atoms with van der Waals surface area (Å²) in [4.78, 5) is 28.7. The van der Waals surface area contributed by atoms with Gasteiger partial charge in [-0.05, 0) is 37.7 Å². The van der Waals surface area contributed by atoms with Gasteiger partial charge in [0, 0.05) is 32.6 Å². The first-order chi connectivity index (χ1) is 14.2. The van der Waals surface area contributed by atoms with Crippen molar-refractivity contribution in [3.05, 3.63) is 35.9 Å². The molecule has 0 spiro atoms. The molecule has 1 atom stereocenters. The first-order valence-electron chi connectivity index (χ1n) is 10.4. The van der Waals surface area contributed by atoms with Crippen LogP contribution in [0.2, 0.25) is 0 Å². The number of piperidine rings is 2. The first-order valence-corrected chi connectivity index (χ1v) is 11.2. The summed E-state index contributed by atoms with van der Waals surface area (Å²) < 4.78 is 0. The van der Waals surface area contributed by atoms with E-state index in [2.05, 4.69) is 32.5 Å². The van der Waals surface area contributed by atoms with Crippen LogP contribution in [0.15, 0.2) is 30.3 Å². The maximum absolute atomic E-state index is 12.6. The van der Waals surface area contributed by atoms with Gasteiger partial charge in [0.15, 0.2) is 0 Å². The van der Waals surface area contributed by atoms with E-state index in [0.717, 1.165) is 50.3 Å². The van der Waals surface area contributed by atoms with E-state index in [4.69, 9.17) is 0 Å². The minimum atomic E-state index is -0.0384. The largest absolute Gasteiger partial charge is 0.355 e. The van der Waals surface area contributed by atoms with Crippen LogP contribution in [0.5, 0.6) is 0 Å². The number of nitrogens with one attached hydrogen (secondary N) is 1. The van der Waals surface area contributed by atoms with Crippen molar-refractivity contribution in [1.29, 1.82) is 0 Å². The lowest BCUT2D eigenvalue weighted by Crippen LogP contribution is -2.43. The number of hydrogen-bond donors (Lipinski definition) is 1. The van der Waals surface area contributed by atoms with Crippen LogP contribution >= 0.6 is 11.3 Å². The molecule has 2 aliphatic heterocycles. The highest BCUT2D eigenvalue weighted by Gasteiger charge is 2.29. The molecule has 1 aromatic heterocycles. The molecule has 2 amide bonds. The zero-order chi connectivity index (χ0) is 20.1. The molecule has 3 heterocycles. The topological polar surface area (TPSA) is 78.4 Å². The molecule has 29 heavy (non-hydrogen) atoms. The van der Waals surface area contributed by atoms with Gasteiger partial charge in [0.2, 0.25) is 22.1 Å². The molecule has 2 aromatic rings. The van der Waals surface area contributed by atoms with Crippen molar-refractivity contribution in [3.8, 4) is 0 Å². The van der Waals surface area contributed by atoms with Gasteiger partial charge in [-0.2, -0.15) is 0 Å². The van der Waals surface area contributed by atoms with Crippen LogP contribution in [0.3, 0.4) is 0 Å². The van der Waals surface area contributed by atoms with Gasteiger partial charge in [-0.3, -0.25) is 14.5 Å². The lowest BCUT2D eigenvalue weighted by atomic mass is 9.97. The van der Waals surface area contributed by atoms with E-state index in [9.17, 15) is 9.59 Å². The molecular formula is C21H27N5O2S. The summed E-state index contributed by atoms with van der Waals surface area (Å²) in [7, 11) is 0. The fourth-order valence-corrected chi connectivity index (χ4v) is 4.86. The van der Waals surface area contributed by atoms with E-state index in [1.165, 1.54) is 16.9 Å². The predicted octanol–water partition coefficient (Wildman–Crippen LogP) is 2.63. The summed E-state index contributed by atoms with van der Waals surface area (Å²) in [5, 5.41) is 13.1. The Morgan fingerprint density at radius 2 is 1.93 bits per heavy atom. The lowest BCUT2D eigenvalue weighted by Gasteiger charge is -2.31. The Bertz CT molecular complexity index is 841. The van der Waals surface area contributed by atoms with Crippen molar-refractivity contribution >= 4 is 33.4 Å². The number of rotatable bonds is 6. The molecule has 154 valence electrons. The van der Waals surface area contributed by atoms with E-state index in [1.54, 1.807) is 4.90 Å². The van der Waals surface area contributed by atoms with Gasteiger partial charge in [0.05, 0.1) is 5.92 Å². The molecule has 2 aliphatic rings. The van der Waals surface area contributed by atoms with Gasteiger partial charge in [0.1, 0.15) is 0 Å². The standard InChI is InChI=1S/C21H27N5O2S/c27-18-10-4-5-14-26(18)21-24-23-20(29-21)25-13-6-9-17(15-25)19(28)22-12-11-16-7-2-1-3-8-16/h1-3,7-8,17H,4-6,9-15H2,(H,22,28)/t17-/m0/s1. The maximum Gasteiger partial charge on any atom is 0.228 e. The zero-order valence-corrected chi connectivity index (χ0v) is 17.4. The smallest absolute Gasteiger partial charge is 0.228 e. The van der Waals surface area contributed by atoms with Crippen molar-refractivity contribution in [2.45, 2.75) is 38.5 Å². The number of carbonyl (C=O) groups is 2. The van der Waals surface area contributed by atoms with Gasteiger partial charge in [-0.15, -0.1) is 10.2 Å². The molecule has 2 fully saturated rings. The first kappa shape index (κ1) is 19.8. The van der Waals surface area contributed by atoms with Crippen LogP contribution in [0.1, 0.15) is 37.7 Å². The van der Waals surface area contributed by atoms with Gasteiger partial charge < -0.3 is 10.2 Å². The number of carbonyl (C=O) groups excluding carboxylic acids is 2. The highest BCUT2D eigenvalue weighted by molar-refractivity contribution is 7.19. The lowest BCUT2D eigenvalue weighted by molar-refractivity contribution is -0.125. The molecule has 8 heteroatoms. The number of amides is 2. The third-order valence-corrected chi connectivity index (χ3v) is 6.58. The van der Waals surface area contributed by atoms with Crippen molar-refractivity contribution in [3.63, 3.8) is 0 Å². The van der Waals surface area contributed by atoms with Crippen molar-refractivity contribution in [2.24, 2.45) is 5.92 Å². The molecule has 1 aromatic carbocycles. The number of anilines is 2. The number of benzene rings is 1. The Balaban J connectivity index is 1.31. The van der Waals surface area contributed by atoms with Crippen LogP contribution in [0, 0.1) is 5.92 Å². The Hall–Kier alpha value is -2.48. The van der Waals surface area contributed by atoms with E-state index in [0.29, 0.717) is 24.6 Å². The maximum atomic E-state index is 12.6. The molecule has 1 N–H and O–H groups in total. The minimum absolute atomic E-state index is 0.0384. The molecule has 7 nitrogen and oxygen atoms in total. The van der Waals surface area contributed by atoms with E-state index in [-0.39, 0.29) is 17.7 Å². The summed E-state index contributed by atoms with van der Waals surface area (Å²) in [5.41, 5.74) is 1.23. The van der Waals surface area contributed by atoms with Crippen molar-refractivity contribution in [2.75, 3.05) is 36.0 Å². The molecule has 0 aliphatic carbocycles. The molecular weight excluding hydrogens is 386 g/mol. The summed E-state index contributed by atoms with van der Waals surface area (Å²) >= 11 is 1.46. The summed E-state index contributed by atoms with van der Waals surface area (Å²) in [6.45, 7) is 2.90. The Morgan fingerprint density at radius 3 is 2.76 bits per heavy atom. The number of hydrogen-bond acceptors (Lipinski definition) is 6. The van der Waals surface area contributed by atoms with E-state index < -0.39 is 0 Å². The molecule has 2 saturated heterocycles. The third kappa shape index (κ3) is 4.93. The van der Waals surface area contributed by atoms with Gasteiger partial charge in [-0.25, -0.2) is 0 Å². The SMILES string of the molecule is O=C(NCCc1ccccc1)[C@H]1CCCN(c2nnc(N3CCCCC3=O)s2)C1. The van der Waals surface area contributed by atoms with Crippen LogP contribution in [0.25, 0.3) is 0 Å². The second kappa shape index (κ2) is 9.35. The van der Waals surface area contributed by atoms with Crippen molar-refractivity contribution in [1.82, 2.24) is 15.5 Å². The fraction of sp³-hybridized carbons (Fsp3) is 0.524. The highest BCUT2D eigenvalue weighted by Crippen LogP contribution is 2.32. The van der Waals surface area contributed by atoms with Crippen LogP contribution in [0.4, 0.5) is 10.3 Å². The quantitative estimate of drug-likeness (QED) is 0.788. The van der Waals surface area contributed by atoms with Crippen molar-refractivity contribution < 1.29 is 9.59 Å². The van der Waals surface area contributed by atoms with E-state index >= 15 is 0 Å². The predicted molar refractivity (Wildman–Crippen MR) is 114 cm³/mol. The molecule has 0 radical (unpaired) electrons. The second-order valence-electron chi connectivity index (χ2n) is 7.68. The number of nitrogens with zero attached hydrogens (tertiary/aromatic N) is 4. The summed E-state index contributed by atoms with van der Waals surface area (Å²) in [5.74, 6) is 0.207. The van der Waals surface area contributed by atoms with Crippen LogP contribution in [-0.2, 0) is 16.0 Å². The molecule has 4 rings (SSSR count). The minimum Gasteiger partial charge on any atom is -0.355 e. The molecule has 0 unspecified atom stereocenters. The van der Waals surface area contributed by atoms with Gasteiger partial charge in [-0.1, -0.05) is 41.7 Å². The normalized spacial score (nSPS) is 20.0. The van der Waals surface area contributed by atoms with Gasteiger partial charge in [0.25, 0.3) is 0 Å². The molecule has 0 saturated carbocycles. The molecule has 0 bridgehead atoms. The Morgan fingerprint density at radius 1 is 1.10 bits per heavy atom. The second-order valence-corrected chi connectivity index (χ2v) is 8.62. The monoisotopic (exact) mass is 413 g/mol. The summed E-state index contributed by atoms with van der Waals surface area (Å²) in [6.07, 6.45) is 5.23. The highest BCUT2D eigenvalue weighted by atomic mass is 32.1. The average molecular weight is 414 g/mol.